The number of para-hydroxylation sites is 1. The number of aryl methyl sites for hydroxylation is 1. The van der Waals surface area contributed by atoms with Gasteiger partial charge in [-0.15, -0.1) is 10.2 Å². The topological polar surface area (TPSA) is 102 Å². The molecule has 2 amide bonds. The molecule has 0 spiro atoms. The predicted octanol–water partition coefficient (Wildman–Crippen LogP) is 6.14. The third kappa shape index (κ3) is 6.40. The van der Waals surface area contributed by atoms with Crippen LogP contribution >= 0.6 is 23.1 Å². The maximum absolute atomic E-state index is 12.9. The quantitative estimate of drug-likeness (QED) is 0.217. The van der Waals surface area contributed by atoms with E-state index in [2.05, 4.69) is 46.6 Å². The van der Waals surface area contributed by atoms with Gasteiger partial charge in [-0.25, -0.2) is 4.98 Å². The second-order valence-electron chi connectivity index (χ2n) is 10.4. The van der Waals surface area contributed by atoms with E-state index in [0.29, 0.717) is 21.7 Å². The molecule has 0 fully saturated rings. The van der Waals surface area contributed by atoms with E-state index in [9.17, 15) is 9.59 Å². The Morgan fingerprint density at radius 2 is 1.75 bits per heavy atom. The van der Waals surface area contributed by atoms with Crippen LogP contribution in [0.2, 0.25) is 0 Å². The first kappa shape index (κ1) is 27.5. The second-order valence-corrected chi connectivity index (χ2v) is 12.4. The van der Waals surface area contributed by atoms with Gasteiger partial charge in [-0.05, 0) is 59.9 Å². The van der Waals surface area contributed by atoms with Crippen LogP contribution in [0.3, 0.4) is 0 Å². The molecule has 0 aliphatic carbocycles. The summed E-state index contributed by atoms with van der Waals surface area (Å²) in [6, 6.07) is 23.4. The van der Waals surface area contributed by atoms with Gasteiger partial charge in [0.05, 0.1) is 22.5 Å². The van der Waals surface area contributed by atoms with E-state index in [1.54, 1.807) is 0 Å². The molecule has 10 heteroatoms. The maximum atomic E-state index is 12.9. The summed E-state index contributed by atoms with van der Waals surface area (Å²) < 4.78 is 2.90. The van der Waals surface area contributed by atoms with Crippen molar-refractivity contribution in [3.63, 3.8) is 0 Å². The van der Waals surface area contributed by atoms with Crippen molar-refractivity contribution in [3.05, 3.63) is 95.3 Å². The molecule has 0 atom stereocenters. The number of nitrogens with one attached hydrogen (secondary N) is 2. The molecule has 2 N–H and O–H groups in total. The largest absolute Gasteiger partial charge is 0.345 e. The van der Waals surface area contributed by atoms with Crippen LogP contribution in [0, 0.1) is 6.92 Å². The number of rotatable bonds is 8. The summed E-state index contributed by atoms with van der Waals surface area (Å²) in [5.41, 5.74) is 4.54. The summed E-state index contributed by atoms with van der Waals surface area (Å²) in [4.78, 5) is 30.1. The van der Waals surface area contributed by atoms with E-state index in [4.69, 9.17) is 0 Å². The van der Waals surface area contributed by atoms with Crippen molar-refractivity contribution in [2.24, 2.45) is 0 Å². The number of aromatic nitrogens is 4. The van der Waals surface area contributed by atoms with Crippen LogP contribution in [0.15, 0.2) is 78.0 Å². The lowest BCUT2D eigenvalue weighted by molar-refractivity contribution is -0.113. The molecular formula is C30H30N6O2S2. The zero-order valence-electron chi connectivity index (χ0n) is 22.8. The molecule has 204 valence electrons. The number of benzene rings is 3. The highest BCUT2D eigenvalue weighted by Gasteiger charge is 2.19. The average molecular weight is 571 g/mol. The Kier molecular flexibility index (Phi) is 7.99. The van der Waals surface area contributed by atoms with Gasteiger partial charge in [-0.1, -0.05) is 80.3 Å². The van der Waals surface area contributed by atoms with Crippen molar-refractivity contribution in [1.29, 1.82) is 0 Å². The van der Waals surface area contributed by atoms with Gasteiger partial charge in [0.1, 0.15) is 0 Å². The van der Waals surface area contributed by atoms with Gasteiger partial charge in [0.25, 0.3) is 5.91 Å². The number of anilines is 1. The minimum absolute atomic E-state index is 0.0125. The van der Waals surface area contributed by atoms with Crippen molar-refractivity contribution in [3.8, 4) is 5.69 Å². The Hall–Kier alpha value is -4.02. The minimum atomic E-state index is -0.191. The van der Waals surface area contributed by atoms with Gasteiger partial charge in [-0.2, -0.15) is 0 Å². The molecular weight excluding hydrogens is 541 g/mol. The summed E-state index contributed by atoms with van der Waals surface area (Å²) in [7, 11) is 0. The third-order valence-corrected chi connectivity index (χ3v) is 8.13. The first-order valence-corrected chi connectivity index (χ1v) is 14.7. The molecule has 0 saturated carbocycles. The SMILES string of the molecule is Cc1cccc(-n2c(CNC(=O)c3ccc(C(C)(C)C)cc3)nnc2SCC(=O)Nc2nc3ccccc3s2)c1. The molecule has 0 aliphatic heterocycles. The van der Waals surface area contributed by atoms with E-state index in [1.165, 1.54) is 23.1 Å². The van der Waals surface area contributed by atoms with Crippen LogP contribution in [0.5, 0.6) is 0 Å². The summed E-state index contributed by atoms with van der Waals surface area (Å²) in [5, 5.41) is 15.7. The Bertz CT molecular complexity index is 1630. The Morgan fingerprint density at radius 3 is 2.48 bits per heavy atom. The lowest BCUT2D eigenvalue weighted by Gasteiger charge is -2.19. The fourth-order valence-corrected chi connectivity index (χ4v) is 5.78. The molecule has 3 aromatic carbocycles. The minimum Gasteiger partial charge on any atom is -0.345 e. The van der Waals surface area contributed by atoms with Crippen LogP contribution in [0.1, 0.15) is 48.1 Å². The summed E-state index contributed by atoms with van der Waals surface area (Å²) in [6.45, 7) is 8.61. The predicted molar refractivity (Wildman–Crippen MR) is 161 cm³/mol. The highest BCUT2D eigenvalue weighted by atomic mass is 32.2. The maximum Gasteiger partial charge on any atom is 0.251 e. The van der Waals surface area contributed by atoms with Gasteiger partial charge in [0.2, 0.25) is 5.91 Å². The number of hydrogen-bond donors (Lipinski definition) is 2. The number of hydrogen-bond acceptors (Lipinski definition) is 7. The van der Waals surface area contributed by atoms with Crippen molar-refractivity contribution >= 4 is 50.3 Å². The van der Waals surface area contributed by atoms with Gasteiger partial charge < -0.3 is 10.6 Å². The first-order chi connectivity index (χ1) is 19.2. The zero-order valence-corrected chi connectivity index (χ0v) is 24.4. The average Bonchev–Trinajstić information content (AvgIpc) is 3.53. The molecule has 5 rings (SSSR count). The molecule has 8 nitrogen and oxygen atoms in total. The number of thiazole rings is 1. The van der Waals surface area contributed by atoms with Crippen LogP contribution < -0.4 is 10.6 Å². The molecule has 0 bridgehead atoms. The molecule has 0 unspecified atom stereocenters. The van der Waals surface area contributed by atoms with Crippen molar-refractivity contribution in [2.45, 2.75) is 44.8 Å². The second kappa shape index (κ2) is 11.6. The normalized spacial score (nSPS) is 11.5. The van der Waals surface area contributed by atoms with Crippen LogP contribution in [0.25, 0.3) is 15.9 Å². The van der Waals surface area contributed by atoms with E-state index in [-0.39, 0.29) is 29.5 Å². The lowest BCUT2D eigenvalue weighted by Crippen LogP contribution is -2.25. The third-order valence-electron chi connectivity index (χ3n) is 6.25. The van der Waals surface area contributed by atoms with Crippen LogP contribution in [-0.2, 0) is 16.8 Å². The number of amides is 2. The van der Waals surface area contributed by atoms with Crippen molar-refractivity contribution in [2.75, 3.05) is 11.1 Å². The van der Waals surface area contributed by atoms with Crippen molar-refractivity contribution in [1.82, 2.24) is 25.1 Å². The number of nitrogens with zero attached hydrogens (tertiary/aromatic N) is 4. The van der Waals surface area contributed by atoms with E-state index < -0.39 is 0 Å². The molecule has 2 aromatic heterocycles. The fraction of sp³-hybridized carbons (Fsp3) is 0.233. The summed E-state index contributed by atoms with van der Waals surface area (Å²) in [6.07, 6.45) is 0. The Labute approximate surface area is 241 Å². The van der Waals surface area contributed by atoms with Crippen LogP contribution in [-0.4, -0.2) is 37.3 Å². The molecule has 5 aromatic rings. The first-order valence-electron chi connectivity index (χ1n) is 12.9. The molecule has 0 radical (unpaired) electrons. The van der Waals surface area contributed by atoms with E-state index in [1.807, 2.05) is 84.3 Å². The van der Waals surface area contributed by atoms with Crippen LogP contribution in [0.4, 0.5) is 5.13 Å². The van der Waals surface area contributed by atoms with E-state index in [0.717, 1.165) is 27.0 Å². The Balaban J connectivity index is 1.30. The highest BCUT2D eigenvalue weighted by molar-refractivity contribution is 7.99. The number of carbonyl (C=O) groups excluding carboxylic acids is 2. The monoisotopic (exact) mass is 570 g/mol. The van der Waals surface area contributed by atoms with Gasteiger partial charge in [-0.3, -0.25) is 14.2 Å². The van der Waals surface area contributed by atoms with Gasteiger partial charge in [0, 0.05) is 11.3 Å². The highest BCUT2D eigenvalue weighted by Crippen LogP contribution is 2.27. The zero-order chi connectivity index (χ0) is 28.3. The number of carbonyl (C=O) groups is 2. The number of fused-ring (bicyclic) bond motifs is 1. The molecule has 0 saturated heterocycles. The lowest BCUT2D eigenvalue weighted by atomic mass is 9.87. The molecule has 0 aliphatic rings. The van der Waals surface area contributed by atoms with Gasteiger partial charge in [0.15, 0.2) is 16.1 Å². The standard InChI is InChI=1S/C30H30N6O2S2/c1-19-8-7-9-22(16-19)36-25(17-31-27(38)20-12-14-21(15-13-20)30(2,3)4)34-35-29(36)39-18-26(37)33-28-32-23-10-5-6-11-24(23)40-28/h5-16H,17-18H2,1-4H3,(H,31,38)(H,32,33,37). The molecule has 40 heavy (non-hydrogen) atoms. The summed E-state index contributed by atoms with van der Waals surface area (Å²) >= 11 is 2.72. The summed E-state index contributed by atoms with van der Waals surface area (Å²) in [5.74, 6) is 0.325. The fourth-order valence-electron chi connectivity index (χ4n) is 4.13. The smallest absolute Gasteiger partial charge is 0.251 e. The van der Waals surface area contributed by atoms with Gasteiger partial charge >= 0.3 is 0 Å². The number of thioether (sulfide) groups is 1. The molecule has 2 heterocycles. The van der Waals surface area contributed by atoms with Crippen molar-refractivity contribution < 1.29 is 9.59 Å². The van der Waals surface area contributed by atoms with E-state index >= 15 is 0 Å². The Morgan fingerprint density at radius 1 is 0.975 bits per heavy atom.